The number of aromatic nitrogens is 3. The van der Waals surface area contributed by atoms with Crippen LogP contribution in [-0.2, 0) is 0 Å². The average Bonchev–Trinajstić information content (AvgIpc) is 2.85. The Hall–Kier alpha value is -2.33. The van der Waals surface area contributed by atoms with Crippen LogP contribution in [0.3, 0.4) is 0 Å². The van der Waals surface area contributed by atoms with Gasteiger partial charge in [-0.25, -0.2) is 0 Å². The fraction of sp³-hybridized carbons (Fsp3) is 0.125. The summed E-state index contributed by atoms with van der Waals surface area (Å²) in [5.74, 6) is 0.504. The fourth-order valence-corrected chi connectivity index (χ4v) is 2.38. The predicted octanol–water partition coefficient (Wildman–Crippen LogP) is 3.79. The van der Waals surface area contributed by atoms with Crippen LogP contribution in [0.5, 0.6) is 0 Å². The monoisotopic (exact) mass is 298 g/mol. The van der Waals surface area contributed by atoms with E-state index < -0.39 is 0 Å². The van der Waals surface area contributed by atoms with Gasteiger partial charge >= 0.3 is 0 Å². The number of halogens is 1. The van der Waals surface area contributed by atoms with Gasteiger partial charge in [0.15, 0.2) is 5.82 Å². The largest absolute Gasteiger partial charge is 0.382 e. The summed E-state index contributed by atoms with van der Waals surface area (Å²) < 4.78 is 1.62. The van der Waals surface area contributed by atoms with Crippen molar-refractivity contribution in [2.75, 3.05) is 5.73 Å². The third-order valence-electron chi connectivity index (χ3n) is 3.50. The number of rotatable bonds is 2. The zero-order valence-electron chi connectivity index (χ0n) is 11.8. The second kappa shape index (κ2) is 5.22. The van der Waals surface area contributed by atoms with Gasteiger partial charge in [0.2, 0.25) is 0 Å². The lowest BCUT2D eigenvalue weighted by Crippen LogP contribution is -2.04. The third kappa shape index (κ3) is 2.38. The number of nitrogen functional groups attached to an aromatic ring is 1. The van der Waals surface area contributed by atoms with E-state index in [-0.39, 0.29) is 0 Å². The van der Waals surface area contributed by atoms with Crippen LogP contribution in [0.2, 0.25) is 5.02 Å². The van der Waals surface area contributed by atoms with Crippen LogP contribution in [-0.4, -0.2) is 15.0 Å². The van der Waals surface area contributed by atoms with E-state index in [2.05, 4.69) is 10.3 Å². The van der Waals surface area contributed by atoms with Gasteiger partial charge in [0.05, 0.1) is 5.69 Å². The predicted molar refractivity (Wildman–Crippen MR) is 85.7 cm³/mol. The SMILES string of the molecule is Cc1ccc(-c2nnn(-c3cccc(Cl)c3C)c2N)cc1. The molecule has 0 saturated carbocycles. The molecule has 1 aromatic heterocycles. The molecule has 5 heteroatoms. The van der Waals surface area contributed by atoms with Crippen LogP contribution in [0.15, 0.2) is 42.5 Å². The molecule has 21 heavy (non-hydrogen) atoms. The van der Waals surface area contributed by atoms with Crippen LogP contribution in [0, 0.1) is 13.8 Å². The number of hydrogen-bond acceptors (Lipinski definition) is 3. The molecule has 0 unspecified atom stereocenters. The standard InChI is InChI=1S/C16H15ClN4/c1-10-6-8-12(9-7-10)15-16(18)21(20-19-15)14-5-3-4-13(17)11(14)2/h3-9H,18H2,1-2H3. The van der Waals surface area contributed by atoms with Gasteiger partial charge < -0.3 is 5.73 Å². The van der Waals surface area contributed by atoms with E-state index in [1.807, 2.05) is 56.3 Å². The van der Waals surface area contributed by atoms with Crippen molar-refractivity contribution in [2.24, 2.45) is 0 Å². The first kappa shape index (κ1) is 13.6. The summed E-state index contributed by atoms with van der Waals surface area (Å²) in [7, 11) is 0. The second-order valence-electron chi connectivity index (χ2n) is 4.99. The van der Waals surface area contributed by atoms with Gasteiger partial charge in [-0.15, -0.1) is 5.10 Å². The zero-order chi connectivity index (χ0) is 15.0. The summed E-state index contributed by atoms with van der Waals surface area (Å²) in [6.45, 7) is 3.98. The average molecular weight is 299 g/mol. The highest BCUT2D eigenvalue weighted by atomic mass is 35.5. The summed E-state index contributed by atoms with van der Waals surface area (Å²) in [6, 6.07) is 13.7. The minimum atomic E-state index is 0.504. The minimum absolute atomic E-state index is 0.504. The van der Waals surface area contributed by atoms with E-state index >= 15 is 0 Å². The molecule has 0 spiro atoms. The molecule has 0 fully saturated rings. The Labute approximate surface area is 128 Å². The molecular formula is C16H15ClN4. The molecule has 0 amide bonds. The van der Waals surface area contributed by atoms with Crippen molar-refractivity contribution in [3.05, 3.63) is 58.6 Å². The molecule has 0 aliphatic heterocycles. The van der Waals surface area contributed by atoms with Crippen molar-refractivity contribution in [1.29, 1.82) is 0 Å². The normalized spacial score (nSPS) is 10.8. The van der Waals surface area contributed by atoms with Crippen molar-refractivity contribution >= 4 is 17.4 Å². The van der Waals surface area contributed by atoms with Crippen molar-refractivity contribution in [1.82, 2.24) is 15.0 Å². The molecule has 106 valence electrons. The second-order valence-corrected chi connectivity index (χ2v) is 5.39. The summed E-state index contributed by atoms with van der Waals surface area (Å²) in [5, 5.41) is 9.06. The lowest BCUT2D eigenvalue weighted by atomic mass is 10.1. The maximum atomic E-state index is 6.22. The van der Waals surface area contributed by atoms with Gasteiger partial charge in [-0.05, 0) is 31.5 Å². The van der Waals surface area contributed by atoms with E-state index in [1.165, 1.54) is 5.56 Å². The number of nitrogens with two attached hydrogens (primary N) is 1. The Kier molecular flexibility index (Phi) is 3.39. The molecule has 0 radical (unpaired) electrons. The Balaban J connectivity index is 2.11. The minimum Gasteiger partial charge on any atom is -0.382 e. The quantitative estimate of drug-likeness (QED) is 0.783. The molecule has 0 aliphatic rings. The maximum Gasteiger partial charge on any atom is 0.155 e. The van der Waals surface area contributed by atoms with E-state index in [0.717, 1.165) is 16.8 Å². The summed E-state index contributed by atoms with van der Waals surface area (Å²) >= 11 is 6.15. The highest BCUT2D eigenvalue weighted by molar-refractivity contribution is 6.31. The summed E-state index contributed by atoms with van der Waals surface area (Å²) in [4.78, 5) is 0. The number of benzene rings is 2. The van der Waals surface area contributed by atoms with E-state index in [4.69, 9.17) is 17.3 Å². The van der Waals surface area contributed by atoms with E-state index in [0.29, 0.717) is 16.5 Å². The highest BCUT2D eigenvalue weighted by Gasteiger charge is 2.15. The van der Waals surface area contributed by atoms with Crippen LogP contribution < -0.4 is 5.73 Å². The van der Waals surface area contributed by atoms with Crippen molar-refractivity contribution < 1.29 is 0 Å². The number of aryl methyl sites for hydroxylation is 1. The van der Waals surface area contributed by atoms with Crippen LogP contribution in [0.25, 0.3) is 16.9 Å². The molecule has 2 N–H and O–H groups in total. The fourth-order valence-electron chi connectivity index (χ4n) is 2.21. The summed E-state index contributed by atoms with van der Waals surface area (Å²) in [6.07, 6.45) is 0. The van der Waals surface area contributed by atoms with Crippen LogP contribution in [0.1, 0.15) is 11.1 Å². The summed E-state index contributed by atoms with van der Waals surface area (Å²) in [5.41, 5.74) is 10.8. The molecule has 4 nitrogen and oxygen atoms in total. The smallest absolute Gasteiger partial charge is 0.155 e. The Morgan fingerprint density at radius 1 is 1.05 bits per heavy atom. The van der Waals surface area contributed by atoms with Crippen molar-refractivity contribution in [3.63, 3.8) is 0 Å². The molecule has 1 heterocycles. The first-order valence-electron chi connectivity index (χ1n) is 6.61. The van der Waals surface area contributed by atoms with Crippen molar-refractivity contribution in [2.45, 2.75) is 13.8 Å². The molecule has 0 atom stereocenters. The first-order valence-corrected chi connectivity index (χ1v) is 6.99. The molecular weight excluding hydrogens is 284 g/mol. The maximum absolute atomic E-state index is 6.22. The van der Waals surface area contributed by atoms with E-state index in [9.17, 15) is 0 Å². The number of nitrogens with zero attached hydrogens (tertiary/aromatic N) is 3. The van der Waals surface area contributed by atoms with E-state index in [1.54, 1.807) is 4.68 Å². The molecule has 0 bridgehead atoms. The van der Waals surface area contributed by atoms with Gasteiger partial charge in [-0.1, -0.05) is 52.7 Å². The molecule has 3 rings (SSSR count). The van der Waals surface area contributed by atoms with Gasteiger partial charge in [0.25, 0.3) is 0 Å². The van der Waals surface area contributed by atoms with Crippen LogP contribution >= 0.6 is 11.6 Å². The molecule has 0 saturated heterocycles. The third-order valence-corrected chi connectivity index (χ3v) is 3.91. The Morgan fingerprint density at radius 2 is 1.76 bits per heavy atom. The zero-order valence-corrected chi connectivity index (χ0v) is 12.6. The lowest BCUT2D eigenvalue weighted by molar-refractivity contribution is 0.806. The lowest BCUT2D eigenvalue weighted by Gasteiger charge is -2.08. The molecule has 2 aromatic carbocycles. The van der Waals surface area contributed by atoms with Gasteiger partial charge in [-0.3, -0.25) is 0 Å². The number of hydrogen-bond donors (Lipinski definition) is 1. The van der Waals surface area contributed by atoms with Crippen molar-refractivity contribution in [3.8, 4) is 16.9 Å². The molecule has 0 aliphatic carbocycles. The first-order chi connectivity index (χ1) is 10.1. The topological polar surface area (TPSA) is 56.7 Å². The Bertz CT molecular complexity index is 791. The Morgan fingerprint density at radius 3 is 2.48 bits per heavy atom. The van der Waals surface area contributed by atoms with Gasteiger partial charge in [-0.2, -0.15) is 4.68 Å². The molecule has 3 aromatic rings. The number of anilines is 1. The van der Waals surface area contributed by atoms with Gasteiger partial charge in [0, 0.05) is 10.6 Å². The van der Waals surface area contributed by atoms with Gasteiger partial charge in [0.1, 0.15) is 5.69 Å². The highest BCUT2D eigenvalue weighted by Crippen LogP contribution is 2.28. The van der Waals surface area contributed by atoms with Crippen LogP contribution in [0.4, 0.5) is 5.82 Å².